The zero-order valence-corrected chi connectivity index (χ0v) is 14.7. The van der Waals surface area contributed by atoms with Crippen LogP contribution < -0.4 is 0 Å². The van der Waals surface area contributed by atoms with Gasteiger partial charge in [0.15, 0.2) is 0 Å². The molecule has 6 heteroatoms. The maximum absolute atomic E-state index is 12.8. The molecular weight excluding hydrogens is 331 g/mol. The van der Waals surface area contributed by atoms with E-state index in [2.05, 4.69) is 0 Å². The molecule has 0 spiro atoms. The maximum atomic E-state index is 12.8. The molecule has 0 aliphatic carbocycles. The van der Waals surface area contributed by atoms with Gasteiger partial charge in [-0.05, 0) is 34.4 Å². The zero-order chi connectivity index (χ0) is 16.9. The highest BCUT2D eigenvalue weighted by Gasteiger charge is 2.45. The van der Waals surface area contributed by atoms with Gasteiger partial charge in [0, 0.05) is 12.3 Å². The van der Waals surface area contributed by atoms with Gasteiger partial charge in [0.1, 0.15) is 5.41 Å². The Morgan fingerprint density at radius 3 is 2.48 bits per heavy atom. The van der Waals surface area contributed by atoms with Crippen LogP contribution >= 0.6 is 18.7 Å². The molecule has 0 amide bonds. The lowest BCUT2D eigenvalue weighted by Gasteiger charge is -2.30. The Morgan fingerprint density at radius 1 is 1.26 bits per heavy atom. The van der Waals surface area contributed by atoms with Gasteiger partial charge < -0.3 is 10.00 Å². The first-order valence-corrected chi connectivity index (χ1v) is 10.5. The molecule has 0 saturated heterocycles. The average Bonchev–Trinajstić information content (AvgIpc) is 3.01. The summed E-state index contributed by atoms with van der Waals surface area (Å²) >= 11 is 1.41. The predicted molar refractivity (Wildman–Crippen MR) is 93.4 cm³/mol. The summed E-state index contributed by atoms with van der Waals surface area (Å²) in [4.78, 5) is 22.5. The lowest BCUT2D eigenvalue weighted by Crippen LogP contribution is -2.39. The van der Waals surface area contributed by atoms with E-state index in [0.29, 0.717) is 18.4 Å². The van der Waals surface area contributed by atoms with Crippen molar-refractivity contribution in [3.05, 3.63) is 58.3 Å². The summed E-state index contributed by atoms with van der Waals surface area (Å²) in [5.41, 5.74) is 0.0759. The molecule has 1 aromatic carbocycles. The summed E-state index contributed by atoms with van der Waals surface area (Å²) in [5.74, 6) is -1.03. The van der Waals surface area contributed by atoms with E-state index in [1.54, 1.807) is 23.6 Å². The van der Waals surface area contributed by atoms with Crippen molar-refractivity contribution in [2.75, 3.05) is 6.16 Å². The second kappa shape index (κ2) is 7.43. The van der Waals surface area contributed by atoms with Crippen molar-refractivity contribution < 1.29 is 19.4 Å². The largest absolute Gasteiger partial charge is 0.481 e. The first-order chi connectivity index (χ1) is 10.9. The Bertz CT molecular complexity index is 684. The standard InChI is InChI=1S/C17H21O4PS/c1-2-9-17(16(18)19,15-8-10-23-12-15)13-22(20,21)11-14-6-4-3-5-7-14/h3-8,10,12H,2,9,11,13H2,1H3,(H,18,19)(H,20,21). The fourth-order valence-corrected chi connectivity index (χ4v) is 5.89. The van der Waals surface area contributed by atoms with Crippen molar-refractivity contribution in [3.8, 4) is 0 Å². The molecule has 2 aromatic rings. The highest BCUT2D eigenvalue weighted by atomic mass is 32.1. The van der Waals surface area contributed by atoms with Crippen molar-refractivity contribution in [2.24, 2.45) is 0 Å². The summed E-state index contributed by atoms with van der Waals surface area (Å²) < 4.78 is 12.8. The van der Waals surface area contributed by atoms with Gasteiger partial charge in [-0.2, -0.15) is 11.3 Å². The van der Waals surface area contributed by atoms with Crippen LogP contribution in [0.25, 0.3) is 0 Å². The van der Waals surface area contributed by atoms with Crippen molar-refractivity contribution in [3.63, 3.8) is 0 Å². The van der Waals surface area contributed by atoms with E-state index in [1.807, 2.05) is 30.5 Å². The number of carbonyl (C=O) groups is 1. The SMILES string of the molecule is CCCC(CP(=O)(O)Cc1ccccc1)(C(=O)O)c1ccsc1. The minimum atomic E-state index is -3.64. The van der Waals surface area contributed by atoms with E-state index in [9.17, 15) is 19.4 Å². The molecule has 0 bridgehead atoms. The molecule has 0 fully saturated rings. The molecule has 2 N–H and O–H groups in total. The molecule has 2 rings (SSSR count). The summed E-state index contributed by atoms with van der Waals surface area (Å²) in [6.07, 6.45) is 0.734. The molecule has 0 aliphatic heterocycles. The first-order valence-electron chi connectivity index (χ1n) is 7.50. The number of carboxylic acids is 1. The second-order valence-electron chi connectivity index (χ2n) is 5.80. The third-order valence-electron chi connectivity index (χ3n) is 3.95. The van der Waals surface area contributed by atoms with Gasteiger partial charge in [-0.25, -0.2) is 0 Å². The molecule has 23 heavy (non-hydrogen) atoms. The van der Waals surface area contributed by atoms with Gasteiger partial charge in [0.05, 0.1) is 0 Å². The van der Waals surface area contributed by atoms with Crippen LogP contribution in [-0.4, -0.2) is 22.1 Å². The fraction of sp³-hybridized carbons (Fsp3) is 0.353. The molecule has 1 aromatic heterocycles. The van der Waals surface area contributed by atoms with Crippen molar-refractivity contribution >= 4 is 24.7 Å². The van der Waals surface area contributed by atoms with Gasteiger partial charge in [-0.1, -0.05) is 43.7 Å². The van der Waals surface area contributed by atoms with Crippen LogP contribution in [0.3, 0.4) is 0 Å². The van der Waals surface area contributed by atoms with E-state index in [1.165, 1.54) is 11.3 Å². The highest BCUT2D eigenvalue weighted by Crippen LogP contribution is 2.51. The Morgan fingerprint density at radius 2 is 1.96 bits per heavy atom. The Kier molecular flexibility index (Phi) is 5.79. The number of thiophene rings is 1. The lowest BCUT2D eigenvalue weighted by atomic mass is 9.80. The van der Waals surface area contributed by atoms with Crippen LogP contribution in [0.2, 0.25) is 0 Å². The summed E-state index contributed by atoms with van der Waals surface area (Å²) in [6.45, 7) is 1.89. The van der Waals surface area contributed by atoms with Crippen LogP contribution in [0.4, 0.5) is 0 Å². The zero-order valence-electron chi connectivity index (χ0n) is 13.0. The Labute approximate surface area is 140 Å². The quantitative estimate of drug-likeness (QED) is 0.693. The minimum absolute atomic E-state index is 0.00325. The molecule has 4 nitrogen and oxygen atoms in total. The summed E-state index contributed by atoms with van der Waals surface area (Å²) in [5, 5.41) is 13.4. The maximum Gasteiger partial charge on any atom is 0.314 e. The molecule has 0 aliphatic rings. The molecule has 1 heterocycles. The Balaban J connectivity index is 2.33. The van der Waals surface area contributed by atoms with E-state index < -0.39 is 18.8 Å². The molecule has 0 radical (unpaired) electrons. The van der Waals surface area contributed by atoms with E-state index in [4.69, 9.17) is 0 Å². The smallest absolute Gasteiger partial charge is 0.314 e. The van der Waals surface area contributed by atoms with Crippen molar-refractivity contribution in [2.45, 2.75) is 31.3 Å². The fourth-order valence-electron chi connectivity index (χ4n) is 2.92. The molecule has 0 saturated carbocycles. The first kappa shape index (κ1) is 17.9. The van der Waals surface area contributed by atoms with E-state index in [0.717, 1.165) is 5.56 Å². The van der Waals surface area contributed by atoms with Gasteiger partial charge in [0.25, 0.3) is 0 Å². The van der Waals surface area contributed by atoms with Gasteiger partial charge >= 0.3 is 5.97 Å². The Hall–Kier alpha value is -1.42. The molecular formula is C17H21O4PS. The van der Waals surface area contributed by atoms with Crippen LogP contribution in [-0.2, 0) is 20.9 Å². The third kappa shape index (κ3) is 4.31. The van der Waals surface area contributed by atoms with Crippen LogP contribution in [0, 0.1) is 0 Å². The number of rotatable bonds is 8. The highest BCUT2D eigenvalue weighted by molar-refractivity contribution is 7.57. The molecule has 2 atom stereocenters. The number of hydrogen-bond acceptors (Lipinski definition) is 3. The lowest BCUT2D eigenvalue weighted by molar-refractivity contribution is -0.143. The normalized spacial score (nSPS) is 16.4. The molecule has 2 unspecified atom stereocenters. The van der Waals surface area contributed by atoms with E-state index in [-0.39, 0.29) is 12.3 Å². The van der Waals surface area contributed by atoms with Crippen LogP contribution in [0.5, 0.6) is 0 Å². The topological polar surface area (TPSA) is 74.6 Å². The summed E-state index contributed by atoms with van der Waals surface area (Å²) in [6, 6.07) is 10.8. The number of hydrogen-bond donors (Lipinski definition) is 2. The number of benzene rings is 1. The van der Waals surface area contributed by atoms with Crippen LogP contribution in [0.1, 0.15) is 30.9 Å². The van der Waals surface area contributed by atoms with E-state index >= 15 is 0 Å². The predicted octanol–water partition coefficient (Wildman–Crippen LogP) is 4.34. The van der Waals surface area contributed by atoms with Gasteiger partial charge in [-0.15, -0.1) is 0 Å². The average molecular weight is 352 g/mol. The second-order valence-corrected chi connectivity index (χ2v) is 8.90. The third-order valence-corrected chi connectivity index (χ3v) is 6.53. The summed E-state index contributed by atoms with van der Waals surface area (Å²) in [7, 11) is -3.64. The van der Waals surface area contributed by atoms with Crippen LogP contribution in [0.15, 0.2) is 47.2 Å². The number of carboxylic acid groups (broad SMARTS) is 1. The minimum Gasteiger partial charge on any atom is -0.481 e. The van der Waals surface area contributed by atoms with Gasteiger partial charge in [-0.3, -0.25) is 9.36 Å². The monoisotopic (exact) mass is 352 g/mol. The number of aliphatic carboxylic acids is 1. The van der Waals surface area contributed by atoms with Gasteiger partial charge in [0.2, 0.25) is 7.37 Å². The van der Waals surface area contributed by atoms with Crippen molar-refractivity contribution in [1.29, 1.82) is 0 Å². The molecule has 124 valence electrons. The van der Waals surface area contributed by atoms with Crippen molar-refractivity contribution in [1.82, 2.24) is 0 Å².